The van der Waals surface area contributed by atoms with Crippen LogP contribution in [-0.4, -0.2) is 24.7 Å². The summed E-state index contributed by atoms with van der Waals surface area (Å²) in [6, 6.07) is 3.91. The normalized spacial score (nSPS) is 13.1. The molecule has 0 radical (unpaired) electrons. The van der Waals surface area contributed by atoms with Gasteiger partial charge >= 0.3 is 0 Å². The Morgan fingerprint density at radius 2 is 1.65 bits per heavy atom. The van der Waals surface area contributed by atoms with Crippen LogP contribution in [0.1, 0.15) is 28.4 Å². The number of hydrogen-bond acceptors (Lipinski definition) is 2. The van der Waals surface area contributed by atoms with Gasteiger partial charge in [0.1, 0.15) is 12.7 Å². The summed E-state index contributed by atoms with van der Waals surface area (Å²) in [5.74, 6) is 0. The monoisotopic (exact) mass is 244 g/mol. The summed E-state index contributed by atoms with van der Waals surface area (Å²) in [5.41, 5.74) is 3.79. The third-order valence-corrected chi connectivity index (χ3v) is 2.59. The number of ether oxygens (including phenoxy) is 1. The van der Waals surface area contributed by atoms with Crippen molar-refractivity contribution in [2.75, 3.05) is 13.2 Å². The van der Waals surface area contributed by atoms with E-state index >= 15 is 0 Å². The van der Waals surface area contributed by atoms with Crippen molar-refractivity contribution in [3.05, 3.63) is 34.4 Å². The highest BCUT2D eigenvalue weighted by atomic mass is 19.3. The molecule has 0 fully saturated rings. The molecule has 0 aliphatic heterocycles. The van der Waals surface area contributed by atoms with E-state index in [0.717, 1.165) is 22.3 Å². The fourth-order valence-corrected chi connectivity index (χ4v) is 2.07. The van der Waals surface area contributed by atoms with Crippen LogP contribution in [0, 0.1) is 20.8 Å². The standard InChI is InChI=1S/C13H18F2O2/c1-8-4-9(2)13(10(3)5-8)11(16)6-17-7-12(14)15/h4-5,11-12,16H,6-7H2,1-3H3. The van der Waals surface area contributed by atoms with E-state index < -0.39 is 19.1 Å². The molecule has 0 amide bonds. The van der Waals surface area contributed by atoms with Gasteiger partial charge in [-0.25, -0.2) is 8.78 Å². The predicted octanol–water partition coefficient (Wildman–Crippen LogP) is 2.93. The molecule has 0 bridgehead atoms. The van der Waals surface area contributed by atoms with Gasteiger partial charge in [-0.05, 0) is 37.5 Å². The maximum Gasteiger partial charge on any atom is 0.261 e. The minimum atomic E-state index is -2.50. The topological polar surface area (TPSA) is 29.5 Å². The second-order valence-corrected chi connectivity index (χ2v) is 4.26. The first kappa shape index (κ1) is 14.1. The molecular weight excluding hydrogens is 226 g/mol. The lowest BCUT2D eigenvalue weighted by atomic mass is 9.96. The van der Waals surface area contributed by atoms with Crippen LogP contribution in [-0.2, 0) is 4.74 Å². The van der Waals surface area contributed by atoms with Gasteiger partial charge in [-0.1, -0.05) is 17.7 Å². The average Bonchev–Trinajstić information content (AvgIpc) is 2.14. The van der Waals surface area contributed by atoms with Gasteiger partial charge in [-0.3, -0.25) is 0 Å². The van der Waals surface area contributed by atoms with Gasteiger partial charge in [0, 0.05) is 0 Å². The Balaban J connectivity index is 2.72. The molecule has 0 spiro atoms. The minimum absolute atomic E-state index is 0.102. The number of alkyl halides is 2. The van der Waals surface area contributed by atoms with E-state index in [-0.39, 0.29) is 6.61 Å². The van der Waals surface area contributed by atoms with Gasteiger partial charge < -0.3 is 9.84 Å². The Morgan fingerprint density at radius 1 is 1.12 bits per heavy atom. The molecule has 1 atom stereocenters. The SMILES string of the molecule is Cc1cc(C)c(C(O)COCC(F)F)c(C)c1. The molecule has 0 aliphatic rings. The number of aliphatic hydroxyl groups is 1. The number of aryl methyl sites for hydroxylation is 3. The minimum Gasteiger partial charge on any atom is -0.386 e. The Labute approximate surface area is 100 Å². The Kier molecular flexibility index (Phi) is 5.02. The summed E-state index contributed by atoms with van der Waals surface area (Å²) >= 11 is 0. The Morgan fingerprint density at radius 3 is 2.12 bits per heavy atom. The van der Waals surface area contributed by atoms with Gasteiger partial charge in [-0.15, -0.1) is 0 Å². The number of rotatable bonds is 5. The third-order valence-electron chi connectivity index (χ3n) is 2.59. The summed E-state index contributed by atoms with van der Waals surface area (Å²) in [5, 5.41) is 9.92. The van der Waals surface area contributed by atoms with E-state index in [1.54, 1.807) is 0 Å². The van der Waals surface area contributed by atoms with Crippen molar-refractivity contribution in [3.8, 4) is 0 Å². The van der Waals surface area contributed by atoms with Crippen LogP contribution in [0.2, 0.25) is 0 Å². The van der Waals surface area contributed by atoms with Gasteiger partial charge in [0.15, 0.2) is 0 Å². The van der Waals surface area contributed by atoms with Crippen molar-refractivity contribution >= 4 is 0 Å². The molecule has 1 N–H and O–H groups in total. The molecule has 1 unspecified atom stereocenters. The van der Waals surface area contributed by atoms with Gasteiger partial charge in [-0.2, -0.15) is 0 Å². The van der Waals surface area contributed by atoms with E-state index in [4.69, 9.17) is 4.74 Å². The van der Waals surface area contributed by atoms with Crippen LogP contribution >= 0.6 is 0 Å². The van der Waals surface area contributed by atoms with Crippen molar-refractivity contribution in [1.29, 1.82) is 0 Å². The highest BCUT2D eigenvalue weighted by Crippen LogP contribution is 2.23. The van der Waals surface area contributed by atoms with Crippen LogP contribution in [0.25, 0.3) is 0 Å². The first-order valence-corrected chi connectivity index (χ1v) is 5.53. The van der Waals surface area contributed by atoms with Crippen molar-refractivity contribution in [2.45, 2.75) is 33.3 Å². The highest BCUT2D eigenvalue weighted by molar-refractivity contribution is 5.38. The van der Waals surface area contributed by atoms with Crippen LogP contribution in [0.3, 0.4) is 0 Å². The van der Waals surface area contributed by atoms with Gasteiger partial charge in [0.05, 0.1) is 6.61 Å². The molecule has 17 heavy (non-hydrogen) atoms. The fraction of sp³-hybridized carbons (Fsp3) is 0.538. The molecule has 0 heterocycles. The maximum absolute atomic E-state index is 11.9. The third kappa shape index (κ3) is 4.06. The summed E-state index contributed by atoms with van der Waals surface area (Å²) in [6.07, 6.45) is -3.35. The number of aliphatic hydroxyl groups excluding tert-OH is 1. The number of halogens is 2. The lowest BCUT2D eigenvalue weighted by molar-refractivity contribution is -0.0207. The summed E-state index contributed by atoms with van der Waals surface area (Å²) in [6.45, 7) is 5.02. The van der Waals surface area contributed by atoms with Crippen molar-refractivity contribution < 1.29 is 18.6 Å². The van der Waals surface area contributed by atoms with E-state index in [0.29, 0.717) is 0 Å². The second-order valence-electron chi connectivity index (χ2n) is 4.26. The molecule has 0 aromatic heterocycles. The molecule has 0 saturated carbocycles. The van der Waals surface area contributed by atoms with Crippen LogP contribution in [0.15, 0.2) is 12.1 Å². The van der Waals surface area contributed by atoms with E-state index in [9.17, 15) is 13.9 Å². The van der Waals surface area contributed by atoms with E-state index in [2.05, 4.69) is 0 Å². The molecule has 4 heteroatoms. The van der Waals surface area contributed by atoms with Gasteiger partial charge in [0.25, 0.3) is 6.43 Å². The Bertz CT molecular complexity index is 355. The predicted molar refractivity (Wildman–Crippen MR) is 62.4 cm³/mol. The van der Waals surface area contributed by atoms with Crippen molar-refractivity contribution in [1.82, 2.24) is 0 Å². The molecule has 96 valence electrons. The van der Waals surface area contributed by atoms with Crippen LogP contribution in [0.5, 0.6) is 0 Å². The van der Waals surface area contributed by atoms with Crippen LogP contribution < -0.4 is 0 Å². The highest BCUT2D eigenvalue weighted by Gasteiger charge is 2.14. The largest absolute Gasteiger partial charge is 0.386 e. The fourth-order valence-electron chi connectivity index (χ4n) is 2.07. The summed E-state index contributed by atoms with van der Waals surface area (Å²) in [7, 11) is 0. The molecule has 1 aromatic rings. The maximum atomic E-state index is 11.9. The summed E-state index contributed by atoms with van der Waals surface area (Å²) in [4.78, 5) is 0. The van der Waals surface area contributed by atoms with Crippen molar-refractivity contribution in [3.63, 3.8) is 0 Å². The second kappa shape index (κ2) is 6.07. The Hall–Kier alpha value is -1.00. The van der Waals surface area contributed by atoms with Gasteiger partial charge in [0.2, 0.25) is 0 Å². The first-order valence-electron chi connectivity index (χ1n) is 5.53. The molecule has 0 aliphatic carbocycles. The van der Waals surface area contributed by atoms with Crippen molar-refractivity contribution in [2.24, 2.45) is 0 Å². The zero-order valence-corrected chi connectivity index (χ0v) is 10.3. The zero-order chi connectivity index (χ0) is 13.0. The molecular formula is C13H18F2O2. The smallest absolute Gasteiger partial charge is 0.261 e. The number of benzene rings is 1. The molecule has 0 saturated heterocycles. The first-order chi connectivity index (χ1) is 7.91. The lowest BCUT2D eigenvalue weighted by Crippen LogP contribution is -2.14. The number of hydrogen-bond donors (Lipinski definition) is 1. The van der Waals surface area contributed by atoms with Crippen LogP contribution in [0.4, 0.5) is 8.78 Å². The van der Waals surface area contributed by atoms with E-state index in [1.165, 1.54) is 0 Å². The lowest BCUT2D eigenvalue weighted by Gasteiger charge is -2.17. The quantitative estimate of drug-likeness (QED) is 0.863. The zero-order valence-electron chi connectivity index (χ0n) is 10.3. The summed E-state index contributed by atoms with van der Waals surface area (Å²) < 4.78 is 28.5. The molecule has 1 rings (SSSR count). The van der Waals surface area contributed by atoms with E-state index in [1.807, 2.05) is 32.9 Å². The molecule has 1 aromatic carbocycles. The molecule has 2 nitrogen and oxygen atoms in total. The average molecular weight is 244 g/mol.